The number of carbonyl (C=O) groups excluding carboxylic acids is 1. The van der Waals surface area contributed by atoms with Crippen molar-refractivity contribution in [3.8, 4) is 0 Å². The lowest BCUT2D eigenvalue weighted by Gasteiger charge is -2.37. The first-order valence-corrected chi connectivity index (χ1v) is 12.1. The van der Waals surface area contributed by atoms with E-state index in [9.17, 15) is 9.90 Å². The van der Waals surface area contributed by atoms with Crippen molar-refractivity contribution in [2.45, 2.75) is 82.8 Å². The summed E-state index contributed by atoms with van der Waals surface area (Å²) in [5.74, 6) is 1.85. The van der Waals surface area contributed by atoms with Gasteiger partial charge in [0.1, 0.15) is 11.6 Å². The molecule has 3 heterocycles. The van der Waals surface area contributed by atoms with Crippen molar-refractivity contribution in [1.29, 1.82) is 0 Å². The molecule has 3 N–H and O–H groups in total. The SMILES string of the molecule is C=CC(=O)NC1CCC(Nc2cc(N3CCCCC3CCO)nc3c(CC)cnn23)CC1. The first-order valence-electron chi connectivity index (χ1n) is 12.1. The third kappa shape index (κ3) is 4.90. The van der Waals surface area contributed by atoms with E-state index in [-0.39, 0.29) is 18.6 Å². The van der Waals surface area contributed by atoms with E-state index in [0.717, 1.165) is 80.8 Å². The van der Waals surface area contributed by atoms with Crippen LogP contribution < -0.4 is 15.5 Å². The number of hydrogen-bond acceptors (Lipinski definition) is 6. The van der Waals surface area contributed by atoms with Crippen molar-refractivity contribution in [2.75, 3.05) is 23.4 Å². The van der Waals surface area contributed by atoms with E-state index in [1.54, 1.807) is 0 Å². The number of aromatic nitrogens is 3. The van der Waals surface area contributed by atoms with Crippen LogP contribution in [-0.2, 0) is 11.2 Å². The number of amides is 1. The molecule has 0 spiro atoms. The summed E-state index contributed by atoms with van der Waals surface area (Å²) in [6.07, 6.45) is 12.2. The van der Waals surface area contributed by atoms with Gasteiger partial charge in [0.15, 0.2) is 5.65 Å². The number of aryl methyl sites for hydroxylation is 1. The first-order chi connectivity index (χ1) is 15.6. The largest absolute Gasteiger partial charge is 0.396 e. The molecule has 0 radical (unpaired) electrons. The fourth-order valence-electron chi connectivity index (χ4n) is 5.10. The summed E-state index contributed by atoms with van der Waals surface area (Å²) >= 11 is 0. The second-order valence-electron chi connectivity index (χ2n) is 9.02. The van der Waals surface area contributed by atoms with Gasteiger partial charge in [0.25, 0.3) is 0 Å². The number of nitrogens with zero attached hydrogens (tertiary/aromatic N) is 4. The molecular formula is C24H36N6O2. The molecule has 1 atom stereocenters. The van der Waals surface area contributed by atoms with Crippen LogP contribution in [0.4, 0.5) is 11.6 Å². The first kappa shape index (κ1) is 22.6. The number of nitrogens with one attached hydrogen (secondary N) is 2. The van der Waals surface area contributed by atoms with Crippen LogP contribution in [0.5, 0.6) is 0 Å². The van der Waals surface area contributed by atoms with Crippen molar-refractivity contribution in [1.82, 2.24) is 19.9 Å². The zero-order valence-electron chi connectivity index (χ0n) is 19.1. The van der Waals surface area contributed by atoms with Gasteiger partial charge >= 0.3 is 0 Å². The Morgan fingerprint density at radius 1 is 1.25 bits per heavy atom. The average Bonchev–Trinajstić information content (AvgIpc) is 3.24. The minimum Gasteiger partial charge on any atom is -0.396 e. The van der Waals surface area contributed by atoms with Crippen LogP contribution in [0.1, 0.15) is 63.9 Å². The average molecular weight is 441 g/mol. The topological polar surface area (TPSA) is 94.8 Å². The van der Waals surface area contributed by atoms with E-state index in [4.69, 9.17) is 4.98 Å². The summed E-state index contributed by atoms with van der Waals surface area (Å²) in [5.41, 5.74) is 2.05. The van der Waals surface area contributed by atoms with Gasteiger partial charge in [0.2, 0.25) is 5.91 Å². The molecule has 4 rings (SSSR count). The lowest BCUT2D eigenvalue weighted by Crippen LogP contribution is -2.41. The molecule has 2 aliphatic rings. The third-order valence-electron chi connectivity index (χ3n) is 6.91. The highest BCUT2D eigenvalue weighted by atomic mass is 16.3. The van der Waals surface area contributed by atoms with Crippen LogP contribution in [-0.4, -0.2) is 56.9 Å². The van der Waals surface area contributed by atoms with Crippen molar-refractivity contribution in [3.05, 3.63) is 30.5 Å². The minimum atomic E-state index is -0.0931. The van der Waals surface area contributed by atoms with Gasteiger partial charge in [-0.15, -0.1) is 0 Å². The van der Waals surface area contributed by atoms with Gasteiger partial charge in [0.05, 0.1) is 6.20 Å². The summed E-state index contributed by atoms with van der Waals surface area (Å²) in [4.78, 5) is 19.0. The summed E-state index contributed by atoms with van der Waals surface area (Å²) in [7, 11) is 0. The van der Waals surface area contributed by atoms with E-state index < -0.39 is 0 Å². The zero-order chi connectivity index (χ0) is 22.5. The highest BCUT2D eigenvalue weighted by Gasteiger charge is 2.26. The van der Waals surface area contributed by atoms with E-state index in [1.165, 1.54) is 12.5 Å². The monoisotopic (exact) mass is 440 g/mol. The molecule has 32 heavy (non-hydrogen) atoms. The summed E-state index contributed by atoms with van der Waals surface area (Å²) in [6.45, 7) is 6.84. The van der Waals surface area contributed by atoms with Crippen LogP contribution in [0, 0.1) is 0 Å². The number of aliphatic hydroxyl groups excluding tert-OH is 1. The molecular weight excluding hydrogens is 404 g/mol. The third-order valence-corrected chi connectivity index (χ3v) is 6.91. The van der Waals surface area contributed by atoms with E-state index in [2.05, 4.69) is 40.2 Å². The van der Waals surface area contributed by atoms with Crippen molar-refractivity contribution in [3.63, 3.8) is 0 Å². The zero-order valence-corrected chi connectivity index (χ0v) is 19.1. The molecule has 2 fully saturated rings. The number of piperidine rings is 1. The van der Waals surface area contributed by atoms with Crippen molar-refractivity contribution < 1.29 is 9.90 Å². The molecule has 2 aromatic rings. The van der Waals surface area contributed by atoms with Crippen LogP contribution >= 0.6 is 0 Å². The van der Waals surface area contributed by atoms with Gasteiger partial charge in [-0.25, -0.2) is 4.98 Å². The number of anilines is 2. The fourth-order valence-corrected chi connectivity index (χ4v) is 5.10. The van der Waals surface area contributed by atoms with E-state index in [0.29, 0.717) is 12.1 Å². The Balaban J connectivity index is 1.56. The Hall–Kier alpha value is -2.61. The van der Waals surface area contributed by atoms with Crippen molar-refractivity contribution >= 4 is 23.2 Å². The molecule has 2 aromatic heterocycles. The van der Waals surface area contributed by atoms with Gasteiger partial charge in [-0.05, 0) is 63.9 Å². The molecule has 0 bridgehead atoms. The van der Waals surface area contributed by atoms with Gasteiger partial charge in [-0.3, -0.25) is 4.79 Å². The van der Waals surface area contributed by atoms with Crippen LogP contribution in [0.2, 0.25) is 0 Å². The molecule has 1 aliphatic carbocycles. The predicted octanol–water partition coefficient (Wildman–Crippen LogP) is 3.06. The van der Waals surface area contributed by atoms with Gasteiger partial charge in [-0.2, -0.15) is 9.61 Å². The molecule has 174 valence electrons. The molecule has 8 heteroatoms. The number of aliphatic hydroxyl groups is 1. The standard InChI is InChI=1S/C24H36N6O2/c1-3-17-16-25-30-22(26-18-8-10-19(11-9-18)27-23(32)4-2)15-21(28-24(17)30)29-13-6-5-7-20(29)12-14-31/h4,15-16,18-20,26,31H,2-3,5-14H2,1H3,(H,27,32). The Labute approximate surface area is 190 Å². The number of hydrogen-bond donors (Lipinski definition) is 3. The van der Waals surface area contributed by atoms with Crippen molar-refractivity contribution in [2.24, 2.45) is 0 Å². The van der Waals surface area contributed by atoms with Crippen LogP contribution in [0.3, 0.4) is 0 Å². The summed E-state index contributed by atoms with van der Waals surface area (Å²) in [5, 5.41) is 20.9. The van der Waals surface area contributed by atoms with Crippen LogP contribution in [0.25, 0.3) is 5.65 Å². The molecule has 1 saturated heterocycles. The molecule has 1 amide bonds. The Bertz CT molecular complexity index is 932. The highest BCUT2D eigenvalue weighted by molar-refractivity contribution is 5.87. The Morgan fingerprint density at radius 3 is 2.75 bits per heavy atom. The molecule has 1 aliphatic heterocycles. The Kier molecular flexibility index (Phi) is 7.29. The second-order valence-corrected chi connectivity index (χ2v) is 9.02. The maximum Gasteiger partial charge on any atom is 0.243 e. The van der Waals surface area contributed by atoms with Crippen LogP contribution in [0.15, 0.2) is 24.9 Å². The lowest BCUT2D eigenvalue weighted by atomic mass is 9.91. The Morgan fingerprint density at radius 2 is 2.03 bits per heavy atom. The second kappa shape index (κ2) is 10.3. The van der Waals surface area contributed by atoms with Gasteiger partial charge in [0, 0.05) is 42.9 Å². The van der Waals surface area contributed by atoms with E-state index >= 15 is 0 Å². The normalized spacial score (nSPS) is 23.8. The maximum absolute atomic E-state index is 11.6. The summed E-state index contributed by atoms with van der Waals surface area (Å²) in [6, 6.07) is 3.00. The number of carbonyl (C=O) groups is 1. The molecule has 0 aromatic carbocycles. The minimum absolute atomic E-state index is 0.0931. The smallest absolute Gasteiger partial charge is 0.243 e. The lowest BCUT2D eigenvalue weighted by molar-refractivity contribution is -0.117. The maximum atomic E-state index is 11.6. The fraction of sp³-hybridized carbons (Fsp3) is 0.625. The quantitative estimate of drug-likeness (QED) is 0.546. The summed E-state index contributed by atoms with van der Waals surface area (Å²) < 4.78 is 1.93. The highest BCUT2D eigenvalue weighted by Crippen LogP contribution is 2.30. The number of rotatable bonds is 8. The molecule has 1 unspecified atom stereocenters. The van der Waals surface area contributed by atoms with Gasteiger partial charge < -0.3 is 20.6 Å². The number of fused-ring (bicyclic) bond motifs is 1. The van der Waals surface area contributed by atoms with Gasteiger partial charge in [-0.1, -0.05) is 13.5 Å². The molecule has 1 saturated carbocycles. The predicted molar refractivity (Wildman–Crippen MR) is 127 cm³/mol. The molecule has 8 nitrogen and oxygen atoms in total. The van der Waals surface area contributed by atoms with E-state index in [1.807, 2.05) is 10.7 Å².